The Kier molecular flexibility index (Phi) is 6.06. The second kappa shape index (κ2) is 9.67. The second-order valence-electron chi connectivity index (χ2n) is 9.81. The average Bonchev–Trinajstić information content (AvgIpc) is 3.26. The summed E-state index contributed by atoms with van der Waals surface area (Å²) in [6.07, 6.45) is 1.82. The van der Waals surface area contributed by atoms with Crippen LogP contribution in [0.4, 0.5) is 10.5 Å². The maximum absolute atomic E-state index is 13.0. The van der Waals surface area contributed by atoms with Gasteiger partial charge < -0.3 is 10.2 Å². The van der Waals surface area contributed by atoms with Crippen LogP contribution in [-0.4, -0.2) is 56.5 Å². The first-order valence-electron chi connectivity index (χ1n) is 12.7. The molecule has 1 aliphatic heterocycles. The van der Waals surface area contributed by atoms with Crippen LogP contribution in [0, 0.1) is 13.8 Å². The molecular formula is C30H30N6O. The summed E-state index contributed by atoms with van der Waals surface area (Å²) < 4.78 is 2.17. The highest BCUT2D eigenvalue weighted by Crippen LogP contribution is 2.24. The van der Waals surface area contributed by atoms with Gasteiger partial charge in [0.15, 0.2) is 5.65 Å². The van der Waals surface area contributed by atoms with E-state index in [1.165, 1.54) is 11.1 Å². The quantitative estimate of drug-likeness (QED) is 0.359. The molecule has 0 unspecified atom stereocenters. The van der Waals surface area contributed by atoms with Crippen LogP contribution in [0.5, 0.6) is 0 Å². The van der Waals surface area contributed by atoms with E-state index >= 15 is 0 Å². The van der Waals surface area contributed by atoms with Crippen LogP contribution in [-0.2, 0) is 6.54 Å². The Morgan fingerprint density at radius 2 is 1.62 bits per heavy atom. The van der Waals surface area contributed by atoms with Crippen molar-refractivity contribution in [1.29, 1.82) is 0 Å². The molecule has 3 heterocycles. The molecule has 1 fully saturated rings. The number of pyridine rings is 1. The number of piperazine rings is 1. The fraction of sp³-hybridized carbons (Fsp3) is 0.233. The van der Waals surface area contributed by atoms with E-state index in [0.717, 1.165) is 52.2 Å². The van der Waals surface area contributed by atoms with Crippen LogP contribution < -0.4 is 5.32 Å². The Morgan fingerprint density at radius 1 is 0.865 bits per heavy atom. The molecule has 1 aliphatic rings. The topological polar surface area (TPSA) is 66.3 Å². The summed E-state index contributed by atoms with van der Waals surface area (Å²) in [6, 6.07) is 24.6. The minimum atomic E-state index is -0.0541. The highest BCUT2D eigenvalue weighted by Gasteiger charge is 2.24. The summed E-state index contributed by atoms with van der Waals surface area (Å²) in [6.45, 7) is 7.84. The lowest BCUT2D eigenvalue weighted by Gasteiger charge is -2.34. The SMILES string of the molecule is Cc1cc(C)cc(-n2c(CN3CCN(C(=O)Nc4ccc5ccccc5c4)CC3)nc3cccnc32)c1. The van der Waals surface area contributed by atoms with Crippen LogP contribution in [0.25, 0.3) is 27.6 Å². The zero-order valence-electron chi connectivity index (χ0n) is 21.2. The predicted molar refractivity (Wildman–Crippen MR) is 148 cm³/mol. The number of imidazole rings is 1. The van der Waals surface area contributed by atoms with E-state index in [-0.39, 0.29) is 6.03 Å². The minimum Gasteiger partial charge on any atom is -0.322 e. The molecule has 0 bridgehead atoms. The number of aromatic nitrogens is 3. The van der Waals surface area contributed by atoms with Crippen molar-refractivity contribution in [1.82, 2.24) is 24.3 Å². The molecule has 1 N–H and O–H groups in total. The molecule has 0 saturated carbocycles. The summed E-state index contributed by atoms with van der Waals surface area (Å²) in [5, 5.41) is 5.35. The van der Waals surface area contributed by atoms with E-state index in [1.54, 1.807) is 0 Å². The molecule has 0 atom stereocenters. The van der Waals surface area contributed by atoms with Crippen molar-refractivity contribution in [2.75, 3.05) is 31.5 Å². The predicted octanol–water partition coefficient (Wildman–Crippen LogP) is 5.54. The van der Waals surface area contributed by atoms with Crippen molar-refractivity contribution in [3.8, 4) is 5.69 Å². The van der Waals surface area contributed by atoms with Gasteiger partial charge in [0.1, 0.15) is 11.3 Å². The third-order valence-corrected chi connectivity index (χ3v) is 6.98. The largest absolute Gasteiger partial charge is 0.322 e. The van der Waals surface area contributed by atoms with Gasteiger partial charge in [-0.3, -0.25) is 9.47 Å². The molecular weight excluding hydrogens is 460 g/mol. The van der Waals surface area contributed by atoms with Gasteiger partial charge in [-0.1, -0.05) is 36.4 Å². The van der Waals surface area contributed by atoms with Gasteiger partial charge in [-0.25, -0.2) is 14.8 Å². The van der Waals surface area contributed by atoms with Crippen molar-refractivity contribution in [2.24, 2.45) is 0 Å². The van der Waals surface area contributed by atoms with E-state index < -0.39 is 0 Å². The lowest BCUT2D eigenvalue weighted by atomic mass is 10.1. The first kappa shape index (κ1) is 23.2. The van der Waals surface area contributed by atoms with Crippen molar-refractivity contribution in [3.05, 3.63) is 95.9 Å². The number of hydrogen-bond donors (Lipinski definition) is 1. The van der Waals surface area contributed by atoms with Crippen molar-refractivity contribution >= 4 is 33.7 Å². The van der Waals surface area contributed by atoms with E-state index in [4.69, 9.17) is 4.98 Å². The third kappa shape index (κ3) is 4.78. The summed E-state index contributed by atoms with van der Waals surface area (Å²) in [5.74, 6) is 0.966. The smallest absolute Gasteiger partial charge is 0.321 e. The second-order valence-corrected chi connectivity index (χ2v) is 9.81. The molecule has 0 aliphatic carbocycles. The highest BCUT2D eigenvalue weighted by atomic mass is 16.2. The van der Waals surface area contributed by atoms with Crippen molar-refractivity contribution in [3.63, 3.8) is 0 Å². The lowest BCUT2D eigenvalue weighted by Crippen LogP contribution is -2.49. The monoisotopic (exact) mass is 490 g/mol. The number of hydrogen-bond acceptors (Lipinski definition) is 4. The van der Waals surface area contributed by atoms with Gasteiger partial charge in [0.25, 0.3) is 0 Å². The molecule has 1 saturated heterocycles. The Morgan fingerprint density at radius 3 is 2.41 bits per heavy atom. The summed E-state index contributed by atoms with van der Waals surface area (Å²) >= 11 is 0. The molecule has 37 heavy (non-hydrogen) atoms. The van der Waals surface area contributed by atoms with Crippen LogP contribution in [0.15, 0.2) is 79.0 Å². The Hall–Kier alpha value is -4.23. The zero-order chi connectivity index (χ0) is 25.4. The number of rotatable bonds is 4. The van der Waals surface area contributed by atoms with Gasteiger partial charge in [-0.2, -0.15) is 0 Å². The summed E-state index contributed by atoms with van der Waals surface area (Å²) in [7, 11) is 0. The molecule has 186 valence electrons. The Labute approximate surface area is 216 Å². The number of benzene rings is 3. The zero-order valence-corrected chi connectivity index (χ0v) is 21.2. The standard InChI is InChI=1S/C30H30N6O/c1-21-16-22(2)18-26(17-21)36-28(33-27-8-5-11-31-29(27)36)20-34-12-14-35(15-13-34)30(37)32-25-10-9-23-6-3-4-7-24(23)19-25/h3-11,16-19H,12-15,20H2,1-2H3,(H,32,37). The van der Waals surface area contributed by atoms with Gasteiger partial charge in [0.05, 0.1) is 6.54 Å². The van der Waals surface area contributed by atoms with Gasteiger partial charge in [0.2, 0.25) is 0 Å². The van der Waals surface area contributed by atoms with Crippen molar-refractivity contribution in [2.45, 2.75) is 20.4 Å². The van der Waals surface area contributed by atoms with E-state index in [9.17, 15) is 4.79 Å². The van der Waals surface area contributed by atoms with Gasteiger partial charge in [-0.15, -0.1) is 0 Å². The van der Waals surface area contributed by atoms with Crippen LogP contribution in [0.2, 0.25) is 0 Å². The first-order valence-corrected chi connectivity index (χ1v) is 12.7. The number of aryl methyl sites for hydroxylation is 2. The number of amides is 2. The lowest BCUT2D eigenvalue weighted by molar-refractivity contribution is 0.140. The Balaban J connectivity index is 1.16. The normalized spacial score (nSPS) is 14.4. The highest BCUT2D eigenvalue weighted by molar-refractivity contribution is 5.93. The van der Waals surface area contributed by atoms with Gasteiger partial charge in [-0.05, 0) is 72.1 Å². The van der Waals surface area contributed by atoms with Crippen LogP contribution in [0.3, 0.4) is 0 Å². The molecule has 7 nitrogen and oxygen atoms in total. The van der Waals surface area contributed by atoms with Crippen molar-refractivity contribution < 1.29 is 4.79 Å². The molecule has 7 heteroatoms. The van der Waals surface area contributed by atoms with Gasteiger partial charge >= 0.3 is 6.03 Å². The Bertz CT molecular complexity index is 1580. The third-order valence-electron chi connectivity index (χ3n) is 6.98. The summed E-state index contributed by atoms with van der Waals surface area (Å²) in [4.78, 5) is 26.8. The number of anilines is 1. The number of carbonyl (C=O) groups is 1. The number of carbonyl (C=O) groups excluding carboxylic acids is 1. The average molecular weight is 491 g/mol. The number of nitrogens with zero attached hydrogens (tertiary/aromatic N) is 5. The summed E-state index contributed by atoms with van der Waals surface area (Å²) in [5.41, 5.74) is 6.10. The van der Waals surface area contributed by atoms with E-state index in [0.29, 0.717) is 19.6 Å². The number of nitrogens with one attached hydrogen (secondary N) is 1. The number of fused-ring (bicyclic) bond motifs is 2. The molecule has 6 rings (SSSR count). The van der Waals surface area contributed by atoms with Crippen LogP contribution in [0.1, 0.15) is 17.0 Å². The minimum absolute atomic E-state index is 0.0541. The van der Waals surface area contributed by atoms with E-state index in [2.05, 4.69) is 63.9 Å². The molecule has 3 aromatic carbocycles. The molecule has 5 aromatic rings. The number of urea groups is 1. The van der Waals surface area contributed by atoms with Gasteiger partial charge in [0, 0.05) is 43.8 Å². The van der Waals surface area contributed by atoms with E-state index in [1.807, 2.05) is 53.6 Å². The fourth-order valence-electron chi connectivity index (χ4n) is 5.20. The molecule has 0 spiro atoms. The molecule has 2 amide bonds. The maximum Gasteiger partial charge on any atom is 0.321 e. The molecule has 0 radical (unpaired) electrons. The first-order chi connectivity index (χ1) is 18.0. The fourth-order valence-corrected chi connectivity index (χ4v) is 5.20. The maximum atomic E-state index is 13.0. The molecule has 2 aromatic heterocycles. The van der Waals surface area contributed by atoms with Crippen LogP contribution >= 0.6 is 0 Å².